The van der Waals surface area contributed by atoms with Crippen molar-refractivity contribution >= 4 is 23.5 Å². The molecule has 172 valence electrons. The van der Waals surface area contributed by atoms with Gasteiger partial charge in [0.2, 0.25) is 11.9 Å². The lowest BCUT2D eigenvalue weighted by Gasteiger charge is -2.34. The van der Waals surface area contributed by atoms with Crippen LogP contribution < -0.4 is 4.90 Å². The van der Waals surface area contributed by atoms with Gasteiger partial charge in [-0.3, -0.25) is 9.78 Å². The molecule has 0 saturated carbocycles. The molecule has 0 spiro atoms. The number of nitrogens with zero attached hydrogens (tertiary/aromatic N) is 6. The maximum atomic E-state index is 13.0. The average molecular weight is 477 g/mol. The molecule has 1 amide bonds. The first-order valence-electron chi connectivity index (χ1n) is 10.3. The Morgan fingerprint density at radius 2 is 1.73 bits per heavy atom. The van der Waals surface area contributed by atoms with Gasteiger partial charge in [-0.15, -0.1) is 10.2 Å². The minimum absolute atomic E-state index is 0.0931. The van der Waals surface area contributed by atoms with E-state index < -0.39 is 11.7 Å². The minimum Gasteiger partial charge on any atom is -0.339 e. The van der Waals surface area contributed by atoms with Crippen molar-refractivity contribution in [1.29, 1.82) is 0 Å². The summed E-state index contributed by atoms with van der Waals surface area (Å²) in [6, 6.07) is 6.32. The van der Waals surface area contributed by atoms with Crippen LogP contribution in [0.25, 0.3) is 22.5 Å². The van der Waals surface area contributed by atoms with Crippen LogP contribution in [-0.2, 0) is 11.0 Å². The van der Waals surface area contributed by atoms with Gasteiger partial charge in [0.15, 0.2) is 0 Å². The van der Waals surface area contributed by atoms with E-state index in [2.05, 4.69) is 20.2 Å². The van der Waals surface area contributed by atoms with E-state index in [1.54, 1.807) is 17.2 Å². The van der Waals surface area contributed by atoms with Crippen LogP contribution >= 0.6 is 11.6 Å². The Kier molecular flexibility index (Phi) is 6.46. The molecule has 0 N–H and O–H groups in total. The fourth-order valence-corrected chi connectivity index (χ4v) is 3.81. The number of aromatic nitrogens is 4. The predicted molar refractivity (Wildman–Crippen MR) is 118 cm³/mol. The fourth-order valence-electron chi connectivity index (χ4n) is 3.60. The van der Waals surface area contributed by atoms with Crippen LogP contribution in [0, 0.1) is 0 Å². The monoisotopic (exact) mass is 476 g/mol. The molecule has 0 atom stereocenters. The van der Waals surface area contributed by atoms with Crippen molar-refractivity contribution in [1.82, 2.24) is 25.1 Å². The molecule has 1 aliphatic rings. The molecule has 0 aliphatic carbocycles. The highest BCUT2D eigenvalue weighted by Crippen LogP contribution is 2.35. The lowest BCUT2D eigenvalue weighted by Crippen LogP contribution is -2.49. The van der Waals surface area contributed by atoms with E-state index in [-0.39, 0.29) is 5.91 Å². The number of pyridine rings is 1. The molecular weight excluding hydrogens is 457 g/mol. The Morgan fingerprint density at radius 3 is 2.33 bits per heavy atom. The average Bonchev–Trinajstić information content (AvgIpc) is 2.83. The van der Waals surface area contributed by atoms with Crippen LogP contribution in [0.2, 0.25) is 5.02 Å². The Hall–Kier alpha value is -3.27. The fraction of sp³-hybridized carbons (Fsp3) is 0.318. The van der Waals surface area contributed by atoms with E-state index >= 15 is 0 Å². The molecule has 3 heterocycles. The third-order valence-corrected chi connectivity index (χ3v) is 5.71. The number of carbonyl (C=O) groups excluding carboxylic acids is 1. The Balaban J connectivity index is 1.71. The predicted octanol–water partition coefficient (Wildman–Crippen LogP) is 4.33. The maximum absolute atomic E-state index is 13.0. The van der Waals surface area contributed by atoms with Gasteiger partial charge in [0, 0.05) is 56.1 Å². The van der Waals surface area contributed by atoms with Gasteiger partial charge >= 0.3 is 6.18 Å². The lowest BCUT2D eigenvalue weighted by atomic mass is 10.0. The number of hydrogen-bond acceptors (Lipinski definition) is 6. The number of hydrogen-bond donors (Lipinski definition) is 0. The number of alkyl halides is 3. The van der Waals surface area contributed by atoms with E-state index in [4.69, 9.17) is 11.6 Å². The minimum atomic E-state index is -4.44. The SMILES string of the molecule is CCC(=O)N1CCN(c2nnc(-c3ccc(C(F)(F)F)cc3)c(-c3ccncc3Cl)n2)CC1. The number of rotatable bonds is 4. The largest absolute Gasteiger partial charge is 0.416 e. The first-order chi connectivity index (χ1) is 15.8. The van der Waals surface area contributed by atoms with Crippen molar-refractivity contribution in [2.24, 2.45) is 0 Å². The third kappa shape index (κ3) is 4.90. The maximum Gasteiger partial charge on any atom is 0.416 e. The number of anilines is 1. The topological polar surface area (TPSA) is 75.1 Å². The summed E-state index contributed by atoms with van der Waals surface area (Å²) >= 11 is 6.35. The van der Waals surface area contributed by atoms with E-state index in [9.17, 15) is 18.0 Å². The van der Waals surface area contributed by atoms with Crippen LogP contribution in [0.3, 0.4) is 0 Å². The summed E-state index contributed by atoms with van der Waals surface area (Å²) in [6.45, 7) is 3.99. The zero-order valence-electron chi connectivity index (χ0n) is 17.7. The first kappa shape index (κ1) is 22.9. The standard InChI is InChI=1S/C22H20ClF3N6O/c1-2-18(33)31-9-11-32(12-10-31)21-28-20(16-7-8-27-13-17(16)23)19(29-30-21)14-3-5-15(6-4-14)22(24,25)26/h3-8,13H,2,9-12H2,1H3. The Morgan fingerprint density at radius 1 is 1.03 bits per heavy atom. The number of piperazine rings is 1. The number of carbonyl (C=O) groups is 1. The highest BCUT2D eigenvalue weighted by atomic mass is 35.5. The van der Waals surface area contributed by atoms with Gasteiger partial charge in [0.05, 0.1) is 10.6 Å². The van der Waals surface area contributed by atoms with Gasteiger partial charge < -0.3 is 9.80 Å². The van der Waals surface area contributed by atoms with E-state index in [1.807, 2.05) is 11.8 Å². The van der Waals surface area contributed by atoms with Crippen molar-refractivity contribution in [3.8, 4) is 22.5 Å². The summed E-state index contributed by atoms with van der Waals surface area (Å²) in [5.74, 6) is 0.452. The van der Waals surface area contributed by atoms with Crippen molar-refractivity contribution in [3.05, 3.63) is 53.3 Å². The molecule has 7 nitrogen and oxygen atoms in total. The zero-order valence-corrected chi connectivity index (χ0v) is 18.4. The summed E-state index contributed by atoms with van der Waals surface area (Å²) in [5, 5.41) is 8.87. The molecule has 3 aromatic rings. The van der Waals surface area contributed by atoms with Crippen molar-refractivity contribution < 1.29 is 18.0 Å². The molecule has 11 heteroatoms. The van der Waals surface area contributed by atoms with Crippen molar-refractivity contribution in [2.75, 3.05) is 31.1 Å². The third-order valence-electron chi connectivity index (χ3n) is 5.41. The van der Waals surface area contributed by atoms with Gasteiger partial charge in [0.1, 0.15) is 11.4 Å². The highest BCUT2D eigenvalue weighted by Gasteiger charge is 2.30. The van der Waals surface area contributed by atoms with Crippen LogP contribution in [-0.4, -0.2) is 57.2 Å². The molecule has 1 fully saturated rings. The molecule has 1 aliphatic heterocycles. The summed E-state index contributed by atoms with van der Waals surface area (Å²) < 4.78 is 39.0. The Bertz CT molecular complexity index is 1150. The molecule has 4 rings (SSSR count). The molecule has 0 unspecified atom stereocenters. The van der Waals surface area contributed by atoms with Gasteiger partial charge in [-0.1, -0.05) is 30.7 Å². The molecule has 33 heavy (non-hydrogen) atoms. The summed E-state index contributed by atoms with van der Waals surface area (Å²) in [6.07, 6.45) is -0.978. The van der Waals surface area contributed by atoms with Gasteiger partial charge in [0.25, 0.3) is 0 Å². The summed E-state index contributed by atoms with van der Waals surface area (Å²) in [5.41, 5.74) is 0.902. The van der Waals surface area contributed by atoms with Crippen molar-refractivity contribution in [2.45, 2.75) is 19.5 Å². The molecule has 0 radical (unpaired) electrons. The van der Waals surface area contributed by atoms with Crippen LogP contribution in [0.4, 0.5) is 19.1 Å². The van der Waals surface area contributed by atoms with E-state index in [1.165, 1.54) is 18.3 Å². The van der Waals surface area contributed by atoms with Crippen molar-refractivity contribution in [3.63, 3.8) is 0 Å². The van der Waals surface area contributed by atoms with Crippen LogP contribution in [0.15, 0.2) is 42.7 Å². The van der Waals surface area contributed by atoms with Gasteiger partial charge in [-0.2, -0.15) is 13.2 Å². The van der Waals surface area contributed by atoms with E-state index in [0.29, 0.717) is 66.1 Å². The van der Waals surface area contributed by atoms with Gasteiger partial charge in [-0.25, -0.2) is 4.98 Å². The molecule has 1 saturated heterocycles. The normalized spacial score (nSPS) is 14.5. The van der Waals surface area contributed by atoms with E-state index in [0.717, 1.165) is 12.1 Å². The Labute approximate surface area is 193 Å². The number of amides is 1. The molecule has 1 aromatic carbocycles. The van der Waals surface area contributed by atoms with Crippen LogP contribution in [0.5, 0.6) is 0 Å². The molecular formula is C22H20ClF3N6O. The number of halogens is 4. The second-order valence-corrected chi connectivity index (χ2v) is 7.87. The second-order valence-electron chi connectivity index (χ2n) is 7.46. The smallest absolute Gasteiger partial charge is 0.339 e. The number of benzene rings is 1. The molecule has 2 aromatic heterocycles. The first-order valence-corrected chi connectivity index (χ1v) is 10.7. The quantitative estimate of drug-likeness (QED) is 0.558. The zero-order chi connectivity index (χ0) is 23.6. The van der Waals surface area contributed by atoms with Crippen LogP contribution in [0.1, 0.15) is 18.9 Å². The molecule has 0 bridgehead atoms. The van der Waals surface area contributed by atoms with Gasteiger partial charge in [-0.05, 0) is 18.2 Å². The summed E-state index contributed by atoms with van der Waals surface area (Å²) in [4.78, 5) is 24.3. The lowest BCUT2D eigenvalue weighted by molar-refractivity contribution is -0.137. The summed E-state index contributed by atoms with van der Waals surface area (Å²) in [7, 11) is 0. The second kappa shape index (κ2) is 9.30. The highest BCUT2D eigenvalue weighted by molar-refractivity contribution is 6.33.